The predicted molar refractivity (Wildman–Crippen MR) is 85.6 cm³/mol. The smallest absolute Gasteiger partial charge is 0.244 e. The molecule has 0 aromatic heterocycles. The van der Waals surface area contributed by atoms with Crippen molar-refractivity contribution >= 4 is 5.91 Å². The van der Waals surface area contributed by atoms with Crippen LogP contribution in [0.2, 0.25) is 0 Å². The standard InChI is InChI=1S/C17H24FN3O2/c1-13-12-19-6-7-21(13)16(14-2-4-15(18)5-3-14)17(22)20-8-10-23-11-9-20/h2-5,13,16,19H,6-12H2,1H3. The van der Waals surface area contributed by atoms with Crippen molar-refractivity contribution in [3.8, 4) is 0 Å². The van der Waals surface area contributed by atoms with Gasteiger partial charge in [-0.3, -0.25) is 9.69 Å². The molecule has 2 unspecified atom stereocenters. The number of hydrogen-bond acceptors (Lipinski definition) is 4. The second-order valence-corrected chi connectivity index (χ2v) is 6.18. The normalized spacial score (nSPS) is 24.4. The first-order valence-electron chi connectivity index (χ1n) is 8.25. The second-order valence-electron chi connectivity index (χ2n) is 6.18. The fraction of sp³-hybridized carbons (Fsp3) is 0.588. The third-order valence-electron chi connectivity index (χ3n) is 4.63. The van der Waals surface area contributed by atoms with E-state index in [-0.39, 0.29) is 23.8 Å². The summed E-state index contributed by atoms with van der Waals surface area (Å²) in [4.78, 5) is 17.2. The number of hydrogen-bond donors (Lipinski definition) is 1. The van der Waals surface area contributed by atoms with Gasteiger partial charge in [0.25, 0.3) is 0 Å². The predicted octanol–water partition coefficient (Wildman–Crippen LogP) is 1.02. The summed E-state index contributed by atoms with van der Waals surface area (Å²) >= 11 is 0. The van der Waals surface area contributed by atoms with E-state index in [1.165, 1.54) is 12.1 Å². The van der Waals surface area contributed by atoms with Crippen molar-refractivity contribution < 1.29 is 13.9 Å². The minimum absolute atomic E-state index is 0.0914. The van der Waals surface area contributed by atoms with E-state index in [0.29, 0.717) is 26.3 Å². The Balaban J connectivity index is 1.88. The largest absolute Gasteiger partial charge is 0.378 e. The fourth-order valence-corrected chi connectivity index (χ4v) is 3.32. The van der Waals surface area contributed by atoms with E-state index < -0.39 is 0 Å². The van der Waals surface area contributed by atoms with Crippen LogP contribution < -0.4 is 5.32 Å². The van der Waals surface area contributed by atoms with Crippen LogP contribution in [0.4, 0.5) is 4.39 Å². The SMILES string of the molecule is CC1CNCCN1C(C(=O)N1CCOCC1)c1ccc(F)cc1. The Morgan fingerprint density at radius 3 is 2.61 bits per heavy atom. The molecule has 1 N–H and O–H groups in total. The molecule has 5 nitrogen and oxygen atoms in total. The summed E-state index contributed by atoms with van der Waals surface area (Å²) in [6.45, 7) is 7.05. The molecule has 0 radical (unpaired) electrons. The topological polar surface area (TPSA) is 44.8 Å². The maximum absolute atomic E-state index is 13.3. The summed E-state index contributed by atoms with van der Waals surface area (Å²) in [7, 11) is 0. The summed E-state index contributed by atoms with van der Waals surface area (Å²) in [5, 5.41) is 3.35. The van der Waals surface area contributed by atoms with Gasteiger partial charge in [-0.15, -0.1) is 0 Å². The molecule has 2 saturated heterocycles. The van der Waals surface area contributed by atoms with Gasteiger partial charge in [0.1, 0.15) is 11.9 Å². The molecule has 1 aromatic carbocycles. The van der Waals surface area contributed by atoms with Crippen LogP contribution in [0.15, 0.2) is 24.3 Å². The zero-order chi connectivity index (χ0) is 16.2. The molecule has 2 fully saturated rings. The lowest BCUT2D eigenvalue weighted by Gasteiger charge is -2.41. The number of nitrogens with one attached hydrogen (secondary N) is 1. The molecule has 0 aliphatic carbocycles. The molecule has 1 amide bonds. The highest BCUT2D eigenvalue weighted by Crippen LogP contribution is 2.27. The molecule has 0 spiro atoms. The van der Waals surface area contributed by atoms with Crippen molar-refractivity contribution in [2.24, 2.45) is 0 Å². The number of halogens is 1. The second kappa shape index (κ2) is 7.38. The molecule has 2 heterocycles. The Labute approximate surface area is 136 Å². The van der Waals surface area contributed by atoms with Crippen LogP contribution in [-0.2, 0) is 9.53 Å². The van der Waals surface area contributed by atoms with Crippen molar-refractivity contribution in [2.45, 2.75) is 19.0 Å². The van der Waals surface area contributed by atoms with Gasteiger partial charge in [-0.1, -0.05) is 12.1 Å². The Hall–Kier alpha value is -1.50. The van der Waals surface area contributed by atoms with Gasteiger partial charge >= 0.3 is 0 Å². The number of benzene rings is 1. The summed E-state index contributed by atoms with van der Waals surface area (Å²) in [6.07, 6.45) is 0. The Kier molecular flexibility index (Phi) is 5.25. The maximum Gasteiger partial charge on any atom is 0.244 e. The molecule has 1 aromatic rings. The average Bonchev–Trinajstić information content (AvgIpc) is 2.59. The molecule has 0 saturated carbocycles. The van der Waals surface area contributed by atoms with E-state index in [9.17, 15) is 9.18 Å². The van der Waals surface area contributed by atoms with Gasteiger partial charge in [0.15, 0.2) is 0 Å². The lowest BCUT2D eigenvalue weighted by atomic mass is 10.0. The van der Waals surface area contributed by atoms with Crippen molar-refractivity contribution in [3.63, 3.8) is 0 Å². The van der Waals surface area contributed by atoms with Crippen LogP contribution in [-0.4, -0.2) is 67.7 Å². The third-order valence-corrected chi connectivity index (χ3v) is 4.63. The highest BCUT2D eigenvalue weighted by atomic mass is 19.1. The minimum atomic E-state index is -0.356. The van der Waals surface area contributed by atoms with Crippen LogP contribution in [0.25, 0.3) is 0 Å². The van der Waals surface area contributed by atoms with Gasteiger partial charge in [-0.25, -0.2) is 4.39 Å². The number of amides is 1. The van der Waals surface area contributed by atoms with E-state index in [0.717, 1.165) is 25.2 Å². The molecule has 2 aliphatic rings. The summed E-state index contributed by atoms with van der Waals surface area (Å²) < 4.78 is 18.6. The fourth-order valence-electron chi connectivity index (χ4n) is 3.32. The monoisotopic (exact) mass is 321 g/mol. The molecule has 6 heteroatoms. The van der Waals surface area contributed by atoms with E-state index in [2.05, 4.69) is 17.1 Å². The third kappa shape index (κ3) is 3.71. The zero-order valence-electron chi connectivity index (χ0n) is 13.5. The quantitative estimate of drug-likeness (QED) is 0.903. The van der Waals surface area contributed by atoms with Crippen molar-refractivity contribution in [2.75, 3.05) is 45.9 Å². The summed E-state index contributed by atoms with van der Waals surface area (Å²) in [5.41, 5.74) is 0.858. The van der Waals surface area contributed by atoms with Gasteiger partial charge in [0.2, 0.25) is 5.91 Å². The number of rotatable bonds is 3. The van der Waals surface area contributed by atoms with Gasteiger partial charge in [0.05, 0.1) is 13.2 Å². The van der Waals surface area contributed by atoms with Crippen LogP contribution in [0, 0.1) is 5.82 Å². The molecular weight excluding hydrogens is 297 g/mol. The maximum atomic E-state index is 13.3. The van der Waals surface area contributed by atoms with Gasteiger partial charge in [-0.2, -0.15) is 0 Å². The first kappa shape index (κ1) is 16.4. The number of nitrogens with zero attached hydrogens (tertiary/aromatic N) is 2. The highest BCUT2D eigenvalue weighted by Gasteiger charge is 2.35. The lowest BCUT2D eigenvalue weighted by molar-refractivity contribution is -0.142. The van der Waals surface area contributed by atoms with Gasteiger partial charge in [-0.05, 0) is 24.6 Å². The first-order valence-corrected chi connectivity index (χ1v) is 8.25. The number of piperazine rings is 1. The van der Waals surface area contributed by atoms with Crippen LogP contribution in [0.1, 0.15) is 18.5 Å². The van der Waals surface area contributed by atoms with Crippen molar-refractivity contribution in [1.29, 1.82) is 0 Å². The molecule has 3 rings (SSSR count). The minimum Gasteiger partial charge on any atom is -0.378 e. The summed E-state index contributed by atoms with van der Waals surface area (Å²) in [5.74, 6) is -0.187. The Morgan fingerprint density at radius 2 is 1.96 bits per heavy atom. The van der Waals surface area contributed by atoms with Crippen molar-refractivity contribution in [1.82, 2.24) is 15.1 Å². The number of carbonyl (C=O) groups excluding carboxylic acids is 1. The number of ether oxygens (including phenoxy) is 1. The van der Waals surface area contributed by atoms with Gasteiger partial charge in [0, 0.05) is 38.8 Å². The van der Waals surface area contributed by atoms with E-state index in [4.69, 9.17) is 4.74 Å². The first-order chi connectivity index (χ1) is 11.2. The molecule has 2 aliphatic heterocycles. The number of morpholine rings is 1. The zero-order valence-corrected chi connectivity index (χ0v) is 13.5. The Bertz CT molecular complexity index is 531. The molecule has 0 bridgehead atoms. The molecular formula is C17H24FN3O2. The summed E-state index contributed by atoms with van der Waals surface area (Å²) in [6, 6.07) is 6.22. The number of carbonyl (C=O) groups is 1. The average molecular weight is 321 g/mol. The van der Waals surface area contributed by atoms with Crippen LogP contribution >= 0.6 is 0 Å². The van der Waals surface area contributed by atoms with Crippen LogP contribution in [0.5, 0.6) is 0 Å². The highest BCUT2D eigenvalue weighted by molar-refractivity contribution is 5.83. The molecule has 2 atom stereocenters. The van der Waals surface area contributed by atoms with Gasteiger partial charge < -0.3 is 15.0 Å². The van der Waals surface area contributed by atoms with E-state index in [1.807, 2.05) is 4.90 Å². The van der Waals surface area contributed by atoms with Crippen LogP contribution in [0.3, 0.4) is 0 Å². The van der Waals surface area contributed by atoms with E-state index in [1.54, 1.807) is 12.1 Å². The molecule has 23 heavy (non-hydrogen) atoms. The Morgan fingerprint density at radius 1 is 1.26 bits per heavy atom. The molecule has 126 valence electrons. The van der Waals surface area contributed by atoms with Crippen molar-refractivity contribution in [3.05, 3.63) is 35.6 Å². The van der Waals surface area contributed by atoms with E-state index >= 15 is 0 Å². The lowest BCUT2D eigenvalue weighted by Crippen LogP contribution is -2.55.